The molecule has 2 unspecified atom stereocenters. The van der Waals surface area contributed by atoms with Crippen molar-refractivity contribution >= 4 is 0 Å². The maximum absolute atomic E-state index is 5.88. The molecule has 3 nitrogen and oxygen atoms in total. The summed E-state index contributed by atoms with van der Waals surface area (Å²) in [7, 11) is 0. The fourth-order valence-corrected chi connectivity index (χ4v) is 2.50. The minimum atomic E-state index is 0.522. The first-order valence-electron chi connectivity index (χ1n) is 5.96. The van der Waals surface area contributed by atoms with Crippen LogP contribution in [0.2, 0.25) is 0 Å². The third kappa shape index (κ3) is 2.61. The van der Waals surface area contributed by atoms with Gasteiger partial charge < -0.3 is 0 Å². The highest BCUT2D eigenvalue weighted by molar-refractivity contribution is 5.14. The number of rotatable bonds is 2. The third-order valence-corrected chi connectivity index (χ3v) is 3.34. The summed E-state index contributed by atoms with van der Waals surface area (Å²) in [4.78, 5) is 2.53. The van der Waals surface area contributed by atoms with E-state index >= 15 is 0 Å². The normalized spacial score (nSPS) is 28.2. The summed E-state index contributed by atoms with van der Waals surface area (Å²) in [6, 6.07) is 11.7. The molecule has 1 aromatic rings. The number of nitrogens with two attached hydrogens (primary N) is 1. The Balaban J connectivity index is 2.03. The smallest absolute Gasteiger partial charge is 0.0283 e. The van der Waals surface area contributed by atoms with E-state index in [2.05, 4.69) is 49.1 Å². The van der Waals surface area contributed by atoms with Gasteiger partial charge in [-0.2, -0.15) is 0 Å². The SMILES string of the molecule is CC1CN(N)CC(C)N1Cc1ccccc1. The van der Waals surface area contributed by atoms with Gasteiger partial charge in [0.05, 0.1) is 0 Å². The van der Waals surface area contributed by atoms with Crippen LogP contribution in [0.15, 0.2) is 30.3 Å². The molecule has 1 aliphatic heterocycles. The van der Waals surface area contributed by atoms with E-state index < -0.39 is 0 Å². The van der Waals surface area contributed by atoms with Crippen molar-refractivity contribution in [2.45, 2.75) is 32.5 Å². The molecule has 1 heterocycles. The van der Waals surface area contributed by atoms with E-state index in [-0.39, 0.29) is 0 Å². The molecule has 1 aromatic carbocycles. The number of hydrogen-bond donors (Lipinski definition) is 1. The molecule has 0 saturated carbocycles. The lowest BCUT2D eigenvalue weighted by molar-refractivity contribution is 0.0328. The molecule has 0 bridgehead atoms. The molecule has 88 valence electrons. The molecule has 0 aliphatic carbocycles. The second-order valence-electron chi connectivity index (χ2n) is 4.81. The summed E-state index contributed by atoms with van der Waals surface area (Å²) in [5.74, 6) is 5.88. The molecule has 3 heteroatoms. The van der Waals surface area contributed by atoms with Gasteiger partial charge in [-0.25, -0.2) is 5.01 Å². The minimum absolute atomic E-state index is 0.522. The van der Waals surface area contributed by atoms with E-state index in [9.17, 15) is 0 Å². The standard InChI is InChI=1S/C13H21N3/c1-11-8-15(14)9-12(2)16(11)10-13-6-4-3-5-7-13/h3-7,11-12H,8-10,14H2,1-2H3. The van der Waals surface area contributed by atoms with Crippen LogP contribution >= 0.6 is 0 Å². The second-order valence-corrected chi connectivity index (χ2v) is 4.81. The lowest BCUT2D eigenvalue weighted by Crippen LogP contribution is -2.58. The summed E-state index contributed by atoms with van der Waals surface area (Å²) >= 11 is 0. The topological polar surface area (TPSA) is 32.5 Å². The summed E-state index contributed by atoms with van der Waals surface area (Å²) < 4.78 is 0. The van der Waals surface area contributed by atoms with Crippen LogP contribution in [0.5, 0.6) is 0 Å². The Labute approximate surface area is 97.8 Å². The average Bonchev–Trinajstić information content (AvgIpc) is 2.25. The fourth-order valence-electron chi connectivity index (χ4n) is 2.50. The Morgan fingerprint density at radius 1 is 1.12 bits per heavy atom. The predicted molar refractivity (Wildman–Crippen MR) is 66.7 cm³/mol. The van der Waals surface area contributed by atoms with Crippen molar-refractivity contribution in [1.82, 2.24) is 9.91 Å². The molecule has 2 atom stereocenters. The molecule has 0 amide bonds. The first kappa shape index (κ1) is 11.6. The van der Waals surface area contributed by atoms with E-state index in [1.165, 1.54) is 5.56 Å². The lowest BCUT2D eigenvalue weighted by Gasteiger charge is -2.42. The molecule has 2 N–H and O–H groups in total. The van der Waals surface area contributed by atoms with E-state index in [1.54, 1.807) is 0 Å². The average molecular weight is 219 g/mol. The van der Waals surface area contributed by atoms with Gasteiger partial charge in [0, 0.05) is 31.7 Å². The molecular formula is C13H21N3. The highest BCUT2D eigenvalue weighted by Crippen LogP contribution is 2.16. The first-order chi connectivity index (χ1) is 7.66. The molecule has 0 spiro atoms. The molecule has 1 fully saturated rings. The first-order valence-corrected chi connectivity index (χ1v) is 5.96. The molecular weight excluding hydrogens is 198 g/mol. The number of hydrogen-bond acceptors (Lipinski definition) is 3. The van der Waals surface area contributed by atoms with E-state index in [0.717, 1.165) is 19.6 Å². The maximum atomic E-state index is 5.88. The summed E-state index contributed by atoms with van der Waals surface area (Å²) in [6.45, 7) is 7.43. The van der Waals surface area contributed by atoms with E-state index in [4.69, 9.17) is 5.84 Å². The van der Waals surface area contributed by atoms with Gasteiger partial charge in [-0.1, -0.05) is 30.3 Å². The van der Waals surface area contributed by atoms with Crippen LogP contribution < -0.4 is 5.84 Å². The number of hydrazine groups is 1. The molecule has 2 rings (SSSR count). The number of benzene rings is 1. The Kier molecular flexibility index (Phi) is 3.59. The van der Waals surface area contributed by atoms with Gasteiger partial charge in [0.15, 0.2) is 0 Å². The zero-order valence-electron chi connectivity index (χ0n) is 10.1. The summed E-state index contributed by atoms with van der Waals surface area (Å²) in [5, 5.41) is 1.93. The van der Waals surface area contributed by atoms with Gasteiger partial charge in [-0.3, -0.25) is 10.7 Å². The van der Waals surface area contributed by atoms with Gasteiger partial charge in [-0.15, -0.1) is 0 Å². The maximum Gasteiger partial charge on any atom is 0.0283 e. The van der Waals surface area contributed by atoms with Gasteiger partial charge >= 0.3 is 0 Å². The monoisotopic (exact) mass is 219 g/mol. The zero-order valence-corrected chi connectivity index (χ0v) is 10.1. The van der Waals surface area contributed by atoms with E-state index in [0.29, 0.717) is 12.1 Å². The minimum Gasteiger partial charge on any atom is -0.291 e. The quantitative estimate of drug-likeness (QED) is 0.764. The molecule has 0 radical (unpaired) electrons. The molecule has 0 aromatic heterocycles. The van der Waals surface area contributed by atoms with Crippen molar-refractivity contribution in [2.24, 2.45) is 5.84 Å². The summed E-state index contributed by atoms with van der Waals surface area (Å²) in [6.07, 6.45) is 0. The fraction of sp³-hybridized carbons (Fsp3) is 0.538. The van der Waals surface area contributed by atoms with Crippen molar-refractivity contribution in [2.75, 3.05) is 13.1 Å². The Morgan fingerprint density at radius 2 is 1.69 bits per heavy atom. The van der Waals surface area contributed by atoms with Crippen molar-refractivity contribution in [3.8, 4) is 0 Å². The number of nitrogens with zero attached hydrogens (tertiary/aromatic N) is 2. The van der Waals surface area contributed by atoms with Gasteiger partial charge in [0.25, 0.3) is 0 Å². The van der Waals surface area contributed by atoms with Gasteiger partial charge in [0.2, 0.25) is 0 Å². The lowest BCUT2D eigenvalue weighted by atomic mass is 10.1. The van der Waals surface area contributed by atoms with Crippen LogP contribution in [0.1, 0.15) is 19.4 Å². The van der Waals surface area contributed by atoms with Crippen LogP contribution in [-0.4, -0.2) is 35.1 Å². The molecule has 1 saturated heterocycles. The van der Waals surface area contributed by atoms with E-state index in [1.807, 2.05) is 5.01 Å². The largest absolute Gasteiger partial charge is 0.291 e. The van der Waals surface area contributed by atoms with Gasteiger partial charge in [-0.05, 0) is 19.4 Å². The highest BCUT2D eigenvalue weighted by Gasteiger charge is 2.27. The van der Waals surface area contributed by atoms with Crippen molar-refractivity contribution < 1.29 is 0 Å². The summed E-state index contributed by atoms with van der Waals surface area (Å²) in [5.41, 5.74) is 1.38. The van der Waals surface area contributed by atoms with Crippen LogP contribution in [-0.2, 0) is 6.54 Å². The number of piperazine rings is 1. The Morgan fingerprint density at radius 3 is 2.25 bits per heavy atom. The van der Waals surface area contributed by atoms with Crippen LogP contribution in [0.25, 0.3) is 0 Å². The van der Waals surface area contributed by atoms with Crippen LogP contribution in [0.4, 0.5) is 0 Å². The van der Waals surface area contributed by atoms with Crippen molar-refractivity contribution in [1.29, 1.82) is 0 Å². The zero-order chi connectivity index (χ0) is 11.5. The third-order valence-electron chi connectivity index (χ3n) is 3.34. The second kappa shape index (κ2) is 4.95. The van der Waals surface area contributed by atoms with Gasteiger partial charge in [0.1, 0.15) is 0 Å². The predicted octanol–water partition coefficient (Wildman–Crippen LogP) is 1.45. The highest BCUT2D eigenvalue weighted by atomic mass is 15.4. The molecule has 16 heavy (non-hydrogen) atoms. The van der Waals surface area contributed by atoms with Crippen LogP contribution in [0.3, 0.4) is 0 Å². The van der Waals surface area contributed by atoms with Crippen molar-refractivity contribution in [3.05, 3.63) is 35.9 Å². The Hall–Kier alpha value is -0.900. The Bertz CT molecular complexity index is 313. The van der Waals surface area contributed by atoms with Crippen molar-refractivity contribution in [3.63, 3.8) is 0 Å². The van der Waals surface area contributed by atoms with Crippen LogP contribution in [0, 0.1) is 0 Å². The molecule has 1 aliphatic rings.